The molecular formula is C21H18F2N4O3. The number of hydrogen-bond donors (Lipinski definition) is 1. The molecule has 0 unspecified atom stereocenters. The Hall–Kier alpha value is -3.46. The second kappa shape index (κ2) is 8.50. The summed E-state index contributed by atoms with van der Waals surface area (Å²) in [7, 11) is 0. The first kappa shape index (κ1) is 19.8. The van der Waals surface area contributed by atoms with Gasteiger partial charge in [-0.2, -0.15) is 0 Å². The van der Waals surface area contributed by atoms with Crippen LogP contribution in [0.25, 0.3) is 11.0 Å². The molecule has 1 aromatic heterocycles. The number of rotatable bonds is 3. The smallest absolute Gasteiger partial charge is 0.256 e. The first-order chi connectivity index (χ1) is 14.5. The van der Waals surface area contributed by atoms with Crippen molar-refractivity contribution in [2.75, 3.05) is 31.6 Å². The zero-order chi connectivity index (χ0) is 21.1. The molecule has 0 bridgehead atoms. The third-order valence-electron chi connectivity index (χ3n) is 4.78. The van der Waals surface area contributed by atoms with Crippen LogP contribution in [0.2, 0.25) is 0 Å². The van der Waals surface area contributed by atoms with E-state index in [0.717, 1.165) is 6.07 Å². The predicted octanol–water partition coefficient (Wildman–Crippen LogP) is 3.02. The quantitative estimate of drug-likeness (QED) is 0.715. The highest BCUT2D eigenvalue weighted by Gasteiger charge is 2.23. The van der Waals surface area contributed by atoms with E-state index in [1.165, 1.54) is 29.4 Å². The maximum absolute atomic E-state index is 14.3. The minimum Gasteiger partial charge on any atom is -0.380 e. The molecule has 154 valence electrons. The maximum atomic E-state index is 14.3. The van der Waals surface area contributed by atoms with Crippen LogP contribution in [0.5, 0.6) is 0 Å². The van der Waals surface area contributed by atoms with Gasteiger partial charge in [0.25, 0.3) is 11.8 Å². The fourth-order valence-corrected chi connectivity index (χ4v) is 3.23. The summed E-state index contributed by atoms with van der Waals surface area (Å²) in [5, 5.41) is 2.40. The third kappa shape index (κ3) is 4.11. The SMILES string of the molecule is O=C(Nc1cc(C(=O)N2CCCOCC2)c(F)cc1F)c1ccc2nccnc2c1. The van der Waals surface area contributed by atoms with Gasteiger partial charge in [0.15, 0.2) is 0 Å². The lowest BCUT2D eigenvalue weighted by atomic mass is 10.1. The second-order valence-electron chi connectivity index (χ2n) is 6.78. The Morgan fingerprint density at radius 3 is 2.60 bits per heavy atom. The molecule has 1 N–H and O–H groups in total. The molecule has 2 heterocycles. The predicted molar refractivity (Wildman–Crippen MR) is 105 cm³/mol. The number of carbonyl (C=O) groups is 2. The number of nitrogens with zero attached hydrogens (tertiary/aromatic N) is 3. The molecule has 0 saturated carbocycles. The van der Waals surface area contributed by atoms with Gasteiger partial charge in [0, 0.05) is 43.7 Å². The number of halogens is 2. The molecule has 0 aliphatic carbocycles. The van der Waals surface area contributed by atoms with E-state index in [1.807, 2.05) is 0 Å². The van der Waals surface area contributed by atoms with Gasteiger partial charge in [0.1, 0.15) is 11.6 Å². The van der Waals surface area contributed by atoms with Gasteiger partial charge in [-0.1, -0.05) is 0 Å². The van der Waals surface area contributed by atoms with Crippen LogP contribution in [0.3, 0.4) is 0 Å². The molecule has 9 heteroatoms. The fourth-order valence-electron chi connectivity index (χ4n) is 3.23. The number of ether oxygens (including phenoxy) is 1. The van der Waals surface area contributed by atoms with E-state index < -0.39 is 23.4 Å². The van der Waals surface area contributed by atoms with Gasteiger partial charge in [-0.15, -0.1) is 0 Å². The van der Waals surface area contributed by atoms with E-state index in [2.05, 4.69) is 15.3 Å². The molecule has 2 aromatic carbocycles. The number of aromatic nitrogens is 2. The first-order valence-corrected chi connectivity index (χ1v) is 9.41. The Labute approximate surface area is 170 Å². The zero-order valence-corrected chi connectivity index (χ0v) is 15.9. The minimum absolute atomic E-state index is 0.226. The zero-order valence-electron chi connectivity index (χ0n) is 15.9. The van der Waals surface area contributed by atoms with Gasteiger partial charge in [-0.05, 0) is 30.7 Å². The normalized spacial score (nSPS) is 14.4. The van der Waals surface area contributed by atoms with Crippen molar-refractivity contribution >= 4 is 28.5 Å². The standard InChI is InChI=1S/C21H18F2N4O3/c22-15-12-16(23)18(11-14(15)21(29)27-6-1-8-30-9-7-27)26-20(28)13-2-3-17-19(10-13)25-5-4-24-17/h2-5,10-12H,1,6-9H2,(H,26,28). The van der Waals surface area contributed by atoms with Gasteiger partial charge in [-0.25, -0.2) is 8.78 Å². The van der Waals surface area contributed by atoms with Gasteiger partial charge in [0.05, 0.1) is 28.9 Å². The Balaban J connectivity index is 1.59. The molecule has 0 radical (unpaired) electrons. The van der Waals surface area contributed by atoms with Crippen molar-refractivity contribution in [2.24, 2.45) is 0 Å². The molecule has 1 aliphatic rings. The number of hydrogen-bond acceptors (Lipinski definition) is 5. The first-order valence-electron chi connectivity index (χ1n) is 9.41. The summed E-state index contributed by atoms with van der Waals surface area (Å²) in [4.78, 5) is 35.0. The van der Waals surface area contributed by atoms with Crippen molar-refractivity contribution in [3.8, 4) is 0 Å². The number of carbonyl (C=O) groups excluding carboxylic acids is 2. The van der Waals surface area contributed by atoms with Crippen molar-refractivity contribution in [2.45, 2.75) is 6.42 Å². The molecule has 3 aromatic rings. The topological polar surface area (TPSA) is 84.4 Å². The minimum atomic E-state index is -0.985. The molecule has 0 atom stereocenters. The summed E-state index contributed by atoms with van der Waals surface area (Å²) < 4.78 is 33.9. The van der Waals surface area contributed by atoms with Crippen LogP contribution in [0.1, 0.15) is 27.1 Å². The Morgan fingerprint density at radius 1 is 0.967 bits per heavy atom. The van der Waals surface area contributed by atoms with Crippen molar-refractivity contribution in [1.29, 1.82) is 0 Å². The van der Waals surface area contributed by atoms with E-state index >= 15 is 0 Å². The second-order valence-corrected chi connectivity index (χ2v) is 6.78. The Bertz CT molecular complexity index is 1110. The number of nitrogens with one attached hydrogen (secondary N) is 1. The summed E-state index contributed by atoms with van der Waals surface area (Å²) in [6, 6.07) is 6.29. The van der Waals surface area contributed by atoms with E-state index in [1.54, 1.807) is 6.07 Å². The van der Waals surface area contributed by atoms with Crippen LogP contribution in [-0.2, 0) is 4.74 Å². The average molecular weight is 412 g/mol. The van der Waals surface area contributed by atoms with Crippen LogP contribution in [0.4, 0.5) is 14.5 Å². The monoisotopic (exact) mass is 412 g/mol. The van der Waals surface area contributed by atoms with Gasteiger partial charge >= 0.3 is 0 Å². The number of anilines is 1. The summed E-state index contributed by atoms with van der Waals surface area (Å²) >= 11 is 0. The van der Waals surface area contributed by atoms with E-state index in [4.69, 9.17) is 4.74 Å². The number of benzene rings is 2. The van der Waals surface area contributed by atoms with Gasteiger partial charge in [-0.3, -0.25) is 19.6 Å². The summed E-state index contributed by atoms with van der Waals surface area (Å²) in [6.45, 7) is 1.60. The van der Waals surface area contributed by atoms with Crippen molar-refractivity contribution < 1.29 is 23.1 Å². The average Bonchev–Trinajstić information content (AvgIpc) is 3.04. The third-order valence-corrected chi connectivity index (χ3v) is 4.78. The van der Waals surface area contributed by atoms with Crippen LogP contribution in [0, 0.1) is 11.6 Å². The molecule has 7 nitrogen and oxygen atoms in total. The molecular weight excluding hydrogens is 394 g/mol. The number of fused-ring (bicyclic) bond motifs is 1. The summed E-state index contributed by atoms with van der Waals surface area (Å²) in [5.41, 5.74) is 0.748. The van der Waals surface area contributed by atoms with Gasteiger partial charge < -0.3 is 15.0 Å². The highest BCUT2D eigenvalue weighted by atomic mass is 19.1. The highest BCUT2D eigenvalue weighted by Crippen LogP contribution is 2.22. The van der Waals surface area contributed by atoms with Crippen LogP contribution >= 0.6 is 0 Å². The fraction of sp³-hybridized carbons (Fsp3) is 0.238. The molecule has 2 amide bonds. The van der Waals surface area contributed by atoms with Crippen LogP contribution < -0.4 is 5.32 Å². The molecule has 1 fully saturated rings. The molecule has 1 saturated heterocycles. The summed E-state index contributed by atoms with van der Waals surface area (Å²) in [6.07, 6.45) is 3.66. The van der Waals surface area contributed by atoms with Crippen molar-refractivity contribution in [3.05, 3.63) is 65.5 Å². The molecule has 30 heavy (non-hydrogen) atoms. The lowest BCUT2D eigenvalue weighted by molar-refractivity contribution is 0.0736. The van der Waals surface area contributed by atoms with E-state index in [-0.39, 0.29) is 16.8 Å². The van der Waals surface area contributed by atoms with Crippen molar-refractivity contribution in [3.63, 3.8) is 0 Å². The lowest BCUT2D eigenvalue weighted by Gasteiger charge is -2.20. The number of amides is 2. The van der Waals surface area contributed by atoms with Gasteiger partial charge in [0.2, 0.25) is 0 Å². The molecule has 0 spiro atoms. The van der Waals surface area contributed by atoms with E-state index in [9.17, 15) is 18.4 Å². The van der Waals surface area contributed by atoms with E-state index in [0.29, 0.717) is 49.8 Å². The molecule has 4 rings (SSSR count). The Kier molecular flexibility index (Phi) is 5.62. The molecule has 1 aliphatic heterocycles. The lowest BCUT2D eigenvalue weighted by Crippen LogP contribution is -2.34. The maximum Gasteiger partial charge on any atom is 0.256 e. The largest absolute Gasteiger partial charge is 0.380 e. The summed E-state index contributed by atoms with van der Waals surface area (Å²) in [5.74, 6) is -3.15. The van der Waals surface area contributed by atoms with Crippen LogP contribution in [0.15, 0.2) is 42.7 Å². The van der Waals surface area contributed by atoms with Crippen molar-refractivity contribution in [1.82, 2.24) is 14.9 Å². The highest BCUT2D eigenvalue weighted by molar-refractivity contribution is 6.06. The van der Waals surface area contributed by atoms with Crippen LogP contribution in [-0.4, -0.2) is 53.0 Å². The Morgan fingerprint density at radius 2 is 1.77 bits per heavy atom.